The van der Waals surface area contributed by atoms with Gasteiger partial charge in [0.2, 0.25) is 0 Å². The molecule has 50 heavy (non-hydrogen) atoms. The van der Waals surface area contributed by atoms with E-state index in [2.05, 4.69) is 42.7 Å². The van der Waals surface area contributed by atoms with Crippen LogP contribution in [-0.4, -0.2) is 41.0 Å². The molecule has 9 heteroatoms. The number of hydrogen-bond acceptors (Lipinski definition) is 6. The number of phosphoric acid groups is 1. The zero-order valence-electron chi connectivity index (χ0n) is 32.3. The number of hydrogen-bond donors (Lipinski definition) is 2. The lowest BCUT2D eigenvalue weighted by molar-refractivity contribution is -0.161. The molecule has 294 valence electrons. The van der Waals surface area contributed by atoms with Crippen LogP contribution in [0, 0.1) is 0 Å². The van der Waals surface area contributed by atoms with Crippen LogP contribution < -0.4 is 0 Å². The highest BCUT2D eigenvalue weighted by atomic mass is 31.2. The summed E-state index contributed by atoms with van der Waals surface area (Å²) in [6, 6.07) is 0. The molecular formula is C41H77O8P. The molecule has 0 aliphatic rings. The molecule has 0 aliphatic heterocycles. The summed E-state index contributed by atoms with van der Waals surface area (Å²) in [6.45, 7) is 3.67. The van der Waals surface area contributed by atoms with Gasteiger partial charge in [0, 0.05) is 12.8 Å². The zero-order chi connectivity index (χ0) is 36.8. The molecule has 0 aliphatic carbocycles. The van der Waals surface area contributed by atoms with Gasteiger partial charge in [0.1, 0.15) is 6.61 Å². The lowest BCUT2D eigenvalue weighted by Crippen LogP contribution is -2.29. The first-order valence-corrected chi connectivity index (χ1v) is 22.2. The molecule has 2 N–H and O–H groups in total. The van der Waals surface area contributed by atoms with E-state index in [1.807, 2.05) is 0 Å². The highest BCUT2D eigenvalue weighted by Gasteiger charge is 2.22. The van der Waals surface area contributed by atoms with Crippen molar-refractivity contribution in [3.8, 4) is 0 Å². The summed E-state index contributed by atoms with van der Waals surface area (Å²) in [7, 11) is -4.75. The topological polar surface area (TPSA) is 119 Å². The first-order chi connectivity index (χ1) is 24.3. The summed E-state index contributed by atoms with van der Waals surface area (Å²) < 4.78 is 26.4. The molecule has 0 aromatic carbocycles. The second-order valence-electron chi connectivity index (χ2n) is 14.0. The molecule has 0 radical (unpaired) electrons. The van der Waals surface area contributed by atoms with E-state index in [0.717, 1.165) is 51.4 Å². The zero-order valence-corrected chi connectivity index (χ0v) is 33.2. The van der Waals surface area contributed by atoms with Gasteiger partial charge >= 0.3 is 19.8 Å². The normalized spacial score (nSPS) is 12.6. The number of carbonyl (C=O) groups excluding carboxylic acids is 2. The summed E-state index contributed by atoms with van der Waals surface area (Å²) in [5, 5.41) is 0. The average molecular weight is 729 g/mol. The predicted octanol–water partition coefficient (Wildman–Crippen LogP) is 12.4. The Morgan fingerprint density at radius 2 is 0.900 bits per heavy atom. The smallest absolute Gasteiger partial charge is 0.462 e. The summed E-state index contributed by atoms with van der Waals surface area (Å²) in [6.07, 6.45) is 41.8. The van der Waals surface area contributed by atoms with E-state index in [1.165, 1.54) is 122 Å². The molecule has 0 heterocycles. The number of ether oxygens (including phenoxy) is 2. The van der Waals surface area contributed by atoms with E-state index < -0.39 is 32.5 Å². The molecule has 8 nitrogen and oxygen atoms in total. The number of esters is 2. The fourth-order valence-corrected chi connectivity index (χ4v) is 6.23. The maximum Gasteiger partial charge on any atom is 0.469 e. The summed E-state index contributed by atoms with van der Waals surface area (Å²) in [5.74, 6) is -0.886. The van der Waals surface area contributed by atoms with Crippen LogP contribution in [0.1, 0.15) is 206 Å². The van der Waals surface area contributed by atoms with Gasteiger partial charge in [-0.25, -0.2) is 4.57 Å². The third kappa shape index (κ3) is 39.3. The molecule has 0 aromatic heterocycles. The van der Waals surface area contributed by atoms with E-state index in [-0.39, 0.29) is 19.4 Å². The minimum atomic E-state index is -4.75. The fraction of sp³-hybridized carbons (Fsp3) is 0.854. The Balaban J connectivity index is 3.92. The highest BCUT2D eigenvalue weighted by molar-refractivity contribution is 7.46. The van der Waals surface area contributed by atoms with Gasteiger partial charge < -0.3 is 19.3 Å². The lowest BCUT2D eigenvalue weighted by Gasteiger charge is -2.18. The standard InChI is InChI=1S/C41H77O8P/c1-3-5-7-9-11-13-15-17-19-20-22-24-26-28-30-32-34-36-41(43)49-39(38-48-50(44,45)46)37-47-40(42)35-33-31-29-27-25-23-21-18-16-14-12-10-8-6-4-2/h11,13,17,19,39H,3-10,12,14-16,18,20-38H2,1-2H3,(H2,44,45,46)/b13-11+,19-17+/t39-/m1/s1. The number of unbranched alkanes of at least 4 members (excludes halogenated alkanes) is 24. The average Bonchev–Trinajstić information content (AvgIpc) is 3.08. The largest absolute Gasteiger partial charge is 0.469 e. The highest BCUT2D eigenvalue weighted by Crippen LogP contribution is 2.36. The fourth-order valence-electron chi connectivity index (χ4n) is 5.87. The van der Waals surface area contributed by atoms with Crippen LogP contribution >= 0.6 is 7.82 Å². The van der Waals surface area contributed by atoms with Crippen molar-refractivity contribution in [3.05, 3.63) is 24.3 Å². The minimum absolute atomic E-state index is 0.206. The van der Waals surface area contributed by atoms with Crippen LogP contribution in [0.4, 0.5) is 0 Å². The molecule has 0 amide bonds. The summed E-state index contributed by atoms with van der Waals surface area (Å²) in [5.41, 5.74) is 0. The molecule has 0 unspecified atom stereocenters. The van der Waals surface area contributed by atoms with Gasteiger partial charge in [-0.1, -0.05) is 173 Å². The molecule has 0 aromatic rings. The maximum absolute atomic E-state index is 12.4. The van der Waals surface area contributed by atoms with Crippen molar-refractivity contribution in [1.82, 2.24) is 0 Å². The van der Waals surface area contributed by atoms with E-state index >= 15 is 0 Å². The number of allylic oxidation sites excluding steroid dienone is 4. The number of carbonyl (C=O) groups is 2. The van der Waals surface area contributed by atoms with Crippen LogP contribution in [-0.2, 0) is 28.2 Å². The van der Waals surface area contributed by atoms with E-state index in [9.17, 15) is 14.2 Å². The second-order valence-corrected chi connectivity index (χ2v) is 15.2. The second kappa shape index (κ2) is 37.3. The molecule has 0 spiro atoms. The van der Waals surface area contributed by atoms with Crippen molar-refractivity contribution in [2.45, 2.75) is 213 Å². The van der Waals surface area contributed by atoms with Gasteiger partial charge in [0.05, 0.1) is 6.61 Å². The molecule has 0 saturated carbocycles. The number of phosphoric ester groups is 1. The van der Waals surface area contributed by atoms with Crippen molar-refractivity contribution in [2.75, 3.05) is 13.2 Å². The van der Waals surface area contributed by atoms with Crippen LogP contribution in [0.5, 0.6) is 0 Å². The Bertz CT molecular complexity index is 869. The number of rotatable bonds is 38. The van der Waals surface area contributed by atoms with Crippen LogP contribution in [0.3, 0.4) is 0 Å². The third-order valence-electron chi connectivity index (χ3n) is 8.97. The first kappa shape index (κ1) is 48.5. The Kier molecular flexibility index (Phi) is 36.2. The van der Waals surface area contributed by atoms with Crippen LogP contribution in [0.15, 0.2) is 24.3 Å². The van der Waals surface area contributed by atoms with Gasteiger partial charge in [0.15, 0.2) is 6.10 Å². The third-order valence-corrected chi connectivity index (χ3v) is 9.46. The Morgan fingerprint density at radius 1 is 0.520 bits per heavy atom. The van der Waals surface area contributed by atoms with Crippen molar-refractivity contribution in [3.63, 3.8) is 0 Å². The Morgan fingerprint density at radius 3 is 1.36 bits per heavy atom. The van der Waals surface area contributed by atoms with E-state index in [0.29, 0.717) is 6.42 Å². The van der Waals surface area contributed by atoms with Gasteiger partial charge in [0.25, 0.3) is 0 Å². The molecule has 0 saturated heterocycles. The van der Waals surface area contributed by atoms with Gasteiger partial charge in [-0.05, 0) is 44.9 Å². The monoisotopic (exact) mass is 729 g/mol. The first-order valence-electron chi connectivity index (χ1n) is 20.6. The van der Waals surface area contributed by atoms with Gasteiger partial charge in [-0.15, -0.1) is 0 Å². The lowest BCUT2D eigenvalue weighted by atomic mass is 10.0. The molecule has 0 fully saturated rings. The summed E-state index contributed by atoms with van der Waals surface area (Å²) >= 11 is 0. The van der Waals surface area contributed by atoms with Gasteiger partial charge in [-0.2, -0.15) is 0 Å². The molecule has 0 bridgehead atoms. The summed E-state index contributed by atoms with van der Waals surface area (Å²) in [4.78, 5) is 42.8. The quantitative estimate of drug-likeness (QED) is 0.0279. The van der Waals surface area contributed by atoms with Crippen molar-refractivity contribution < 1.29 is 37.9 Å². The van der Waals surface area contributed by atoms with Crippen molar-refractivity contribution in [1.29, 1.82) is 0 Å². The molecule has 0 rings (SSSR count). The predicted molar refractivity (Wildman–Crippen MR) is 207 cm³/mol. The minimum Gasteiger partial charge on any atom is -0.462 e. The van der Waals surface area contributed by atoms with E-state index in [4.69, 9.17) is 19.3 Å². The van der Waals surface area contributed by atoms with E-state index in [1.54, 1.807) is 0 Å². The van der Waals surface area contributed by atoms with Crippen molar-refractivity contribution >= 4 is 19.8 Å². The van der Waals surface area contributed by atoms with Crippen LogP contribution in [0.2, 0.25) is 0 Å². The van der Waals surface area contributed by atoms with Crippen LogP contribution in [0.25, 0.3) is 0 Å². The van der Waals surface area contributed by atoms with Gasteiger partial charge in [-0.3, -0.25) is 14.1 Å². The molecule has 1 atom stereocenters. The SMILES string of the molecule is CCCCC/C=C/C/C=C/CCCCCCCCCC(=O)O[C@H](COC(=O)CCCCCCCCCCCCCCCCC)COP(=O)(O)O. The maximum atomic E-state index is 12.4. The molecular weight excluding hydrogens is 651 g/mol. The Labute approximate surface area is 307 Å². The Hall–Kier alpha value is -1.47. The van der Waals surface area contributed by atoms with Crippen molar-refractivity contribution in [2.24, 2.45) is 0 Å².